The minimum Gasteiger partial charge on any atom is -0.872 e. The van der Waals surface area contributed by atoms with Gasteiger partial charge in [-0.25, -0.2) is 0 Å². The molecule has 0 spiro atoms. The van der Waals surface area contributed by atoms with Crippen LogP contribution in [0.25, 0.3) is 5.76 Å². The number of nitrogens with zero attached hydrogens (tertiary/aromatic N) is 1. The Kier molecular flexibility index (Phi) is 6.92. The van der Waals surface area contributed by atoms with Gasteiger partial charge in [-0.2, -0.15) is 0 Å². The van der Waals surface area contributed by atoms with Crippen molar-refractivity contribution in [2.45, 2.75) is 13.0 Å². The number of ketones is 1. The standard InChI is InChI=1S/C25H28N2O4/c1-5-15-31-20-8-6-7-19(16-20)22-21(23(28)18-11-9-17(2)10-12-18)24(29)25(30)27(22)14-13-26(3)4/h5-12,16,22,28H,1,13-15H2,2-4H3. The Bertz CT molecular complexity index is 1010. The van der Waals surface area contributed by atoms with Crippen LogP contribution in [-0.2, 0) is 9.59 Å². The van der Waals surface area contributed by atoms with Gasteiger partial charge in [0.1, 0.15) is 12.4 Å². The number of hydrogen-bond acceptors (Lipinski definition) is 4. The molecule has 1 aliphatic heterocycles. The van der Waals surface area contributed by atoms with Gasteiger partial charge in [-0.05, 0) is 30.2 Å². The molecule has 0 saturated carbocycles. The number of quaternary nitrogens is 1. The Balaban J connectivity index is 2.12. The molecule has 0 radical (unpaired) electrons. The van der Waals surface area contributed by atoms with Crippen LogP contribution in [0.15, 0.2) is 66.8 Å². The summed E-state index contributed by atoms with van der Waals surface area (Å²) in [6, 6.07) is 13.5. The van der Waals surface area contributed by atoms with E-state index in [0.29, 0.717) is 36.6 Å². The van der Waals surface area contributed by atoms with Crippen LogP contribution in [0.1, 0.15) is 22.7 Å². The highest BCUT2D eigenvalue weighted by Gasteiger charge is 2.44. The van der Waals surface area contributed by atoms with E-state index in [1.165, 1.54) is 4.90 Å². The summed E-state index contributed by atoms with van der Waals surface area (Å²) in [7, 11) is 3.95. The van der Waals surface area contributed by atoms with Crippen LogP contribution in [0.3, 0.4) is 0 Å². The molecule has 0 aromatic heterocycles. The number of amides is 1. The zero-order valence-corrected chi connectivity index (χ0v) is 18.2. The van der Waals surface area contributed by atoms with E-state index in [1.54, 1.807) is 36.4 Å². The molecular formula is C25H28N2O4. The first-order chi connectivity index (χ1) is 14.8. The zero-order valence-electron chi connectivity index (χ0n) is 18.2. The van der Waals surface area contributed by atoms with Crippen LogP contribution in [0.2, 0.25) is 0 Å². The lowest BCUT2D eigenvalue weighted by molar-refractivity contribution is -0.857. The van der Waals surface area contributed by atoms with Gasteiger partial charge in [-0.3, -0.25) is 9.59 Å². The lowest BCUT2D eigenvalue weighted by Gasteiger charge is -2.28. The third kappa shape index (κ3) is 4.86. The number of nitrogens with one attached hydrogen (secondary N) is 1. The van der Waals surface area contributed by atoms with Gasteiger partial charge in [0.25, 0.3) is 5.91 Å². The Morgan fingerprint density at radius 3 is 2.55 bits per heavy atom. The van der Waals surface area contributed by atoms with Crippen molar-refractivity contribution in [3.05, 3.63) is 83.4 Å². The molecule has 0 bridgehead atoms. The first-order valence-corrected chi connectivity index (χ1v) is 10.3. The summed E-state index contributed by atoms with van der Waals surface area (Å²) >= 11 is 0. The predicted octanol–water partition coefficient (Wildman–Crippen LogP) is 0.928. The van der Waals surface area contributed by atoms with Crippen LogP contribution < -0.4 is 14.7 Å². The van der Waals surface area contributed by atoms with E-state index >= 15 is 0 Å². The molecule has 1 aliphatic rings. The summed E-state index contributed by atoms with van der Waals surface area (Å²) < 4.78 is 5.63. The van der Waals surface area contributed by atoms with Crippen LogP contribution in [-0.4, -0.2) is 50.4 Å². The number of carbonyl (C=O) groups is 2. The highest BCUT2D eigenvalue weighted by atomic mass is 16.5. The SMILES string of the molecule is C=CCOc1cccc(C2C(=C([O-])c3ccc(C)cc3)C(=O)C(=O)N2CC[NH+](C)C)c1. The van der Waals surface area contributed by atoms with E-state index in [0.717, 1.165) is 10.5 Å². The Morgan fingerprint density at radius 2 is 1.90 bits per heavy atom. The summed E-state index contributed by atoms with van der Waals surface area (Å²) in [5, 5.41) is 13.4. The highest BCUT2D eigenvalue weighted by molar-refractivity contribution is 6.46. The van der Waals surface area contributed by atoms with Gasteiger partial charge in [-0.1, -0.05) is 60.4 Å². The quantitative estimate of drug-likeness (QED) is 0.298. The fraction of sp³-hybridized carbons (Fsp3) is 0.280. The third-order valence-corrected chi connectivity index (χ3v) is 5.24. The molecule has 2 aromatic carbocycles. The van der Waals surface area contributed by atoms with Crippen LogP contribution >= 0.6 is 0 Å². The third-order valence-electron chi connectivity index (χ3n) is 5.24. The minimum absolute atomic E-state index is 0.0107. The number of benzene rings is 2. The molecule has 1 atom stereocenters. The molecular weight excluding hydrogens is 392 g/mol. The van der Waals surface area contributed by atoms with Crippen molar-refractivity contribution in [1.82, 2.24) is 4.90 Å². The van der Waals surface area contributed by atoms with Gasteiger partial charge >= 0.3 is 0 Å². The van der Waals surface area contributed by atoms with Crippen LogP contribution in [0.5, 0.6) is 5.75 Å². The molecule has 1 N–H and O–H groups in total. The summed E-state index contributed by atoms with van der Waals surface area (Å²) in [6.07, 6.45) is 1.64. The van der Waals surface area contributed by atoms with Gasteiger partial charge in [0.15, 0.2) is 0 Å². The maximum absolute atomic E-state index is 13.4. The molecule has 162 valence electrons. The van der Waals surface area contributed by atoms with Crippen molar-refractivity contribution in [1.29, 1.82) is 0 Å². The topological polar surface area (TPSA) is 74.1 Å². The Hall–Kier alpha value is -3.38. The first kappa shape index (κ1) is 22.3. The van der Waals surface area contributed by atoms with Crippen molar-refractivity contribution < 1.29 is 24.3 Å². The number of hydrogen-bond donors (Lipinski definition) is 1. The van der Waals surface area contributed by atoms with Gasteiger partial charge in [-0.15, -0.1) is 0 Å². The fourth-order valence-electron chi connectivity index (χ4n) is 3.58. The van der Waals surface area contributed by atoms with E-state index in [2.05, 4.69) is 6.58 Å². The second-order valence-corrected chi connectivity index (χ2v) is 7.97. The molecule has 1 fully saturated rings. The van der Waals surface area contributed by atoms with E-state index in [1.807, 2.05) is 39.2 Å². The molecule has 1 unspecified atom stereocenters. The predicted molar refractivity (Wildman–Crippen MR) is 117 cm³/mol. The van der Waals surface area contributed by atoms with Crippen molar-refractivity contribution in [2.75, 3.05) is 33.8 Å². The highest BCUT2D eigenvalue weighted by Crippen LogP contribution is 2.39. The Morgan fingerprint density at radius 1 is 1.19 bits per heavy atom. The average molecular weight is 421 g/mol. The summed E-state index contributed by atoms with van der Waals surface area (Å²) in [4.78, 5) is 28.5. The fourth-order valence-corrected chi connectivity index (χ4v) is 3.58. The molecule has 31 heavy (non-hydrogen) atoms. The molecule has 3 rings (SSSR count). The average Bonchev–Trinajstić information content (AvgIpc) is 3.01. The number of likely N-dealkylation sites (N-methyl/N-ethyl adjacent to an activating group) is 1. The van der Waals surface area contributed by atoms with Crippen LogP contribution in [0, 0.1) is 6.92 Å². The molecule has 1 amide bonds. The second-order valence-electron chi connectivity index (χ2n) is 7.97. The monoisotopic (exact) mass is 420 g/mol. The van der Waals surface area contributed by atoms with E-state index in [9.17, 15) is 14.7 Å². The largest absolute Gasteiger partial charge is 0.872 e. The van der Waals surface area contributed by atoms with E-state index in [4.69, 9.17) is 4.74 Å². The van der Waals surface area contributed by atoms with Crippen molar-refractivity contribution in [3.63, 3.8) is 0 Å². The normalized spacial score (nSPS) is 17.9. The molecule has 1 saturated heterocycles. The minimum atomic E-state index is -0.750. The van der Waals surface area contributed by atoms with E-state index < -0.39 is 23.5 Å². The second kappa shape index (κ2) is 9.62. The maximum Gasteiger partial charge on any atom is 0.295 e. The Labute approximate surface area is 183 Å². The number of aryl methyl sites for hydroxylation is 1. The molecule has 1 heterocycles. The van der Waals surface area contributed by atoms with Crippen LogP contribution in [0.4, 0.5) is 0 Å². The summed E-state index contributed by atoms with van der Waals surface area (Å²) in [5.74, 6) is -1.20. The molecule has 0 aliphatic carbocycles. The summed E-state index contributed by atoms with van der Waals surface area (Å²) in [6.45, 7) is 6.91. The van der Waals surface area contributed by atoms with Crippen molar-refractivity contribution >= 4 is 17.4 Å². The lowest BCUT2D eigenvalue weighted by atomic mass is 9.95. The number of Topliss-reactive ketones (excluding diaryl/α,β-unsaturated/α-hetero) is 1. The number of ether oxygens (including phenoxy) is 1. The molecule has 2 aromatic rings. The maximum atomic E-state index is 13.4. The van der Waals surface area contributed by atoms with Gasteiger partial charge in [0.05, 0.1) is 33.2 Å². The van der Waals surface area contributed by atoms with Gasteiger partial charge in [0.2, 0.25) is 5.78 Å². The number of rotatable bonds is 8. The van der Waals surface area contributed by atoms with Crippen molar-refractivity contribution in [3.8, 4) is 5.75 Å². The molecule has 6 nitrogen and oxygen atoms in total. The summed E-state index contributed by atoms with van der Waals surface area (Å²) in [5.41, 5.74) is 2.06. The molecule has 6 heteroatoms. The number of likely N-dealkylation sites (tertiary alicyclic amines) is 1. The number of carbonyl (C=O) groups excluding carboxylic acids is 2. The van der Waals surface area contributed by atoms with Gasteiger partial charge in [0, 0.05) is 5.57 Å². The first-order valence-electron chi connectivity index (χ1n) is 10.3. The van der Waals surface area contributed by atoms with Crippen molar-refractivity contribution in [2.24, 2.45) is 0 Å². The smallest absolute Gasteiger partial charge is 0.295 e. The van der Waals surface area contributed by atoms with E-state index in [-0.39, 0.29) is 5.57 Å². The lowest BCUT2D eigenvalue weighted by Crippen LogP contribution is -3.06. The van der Waals surface area contributed by atoms with Gasteiger partial charge < -0.3 is 19.6 Å². The zero-order chi connectivity index (χ0) is 22.5.